The Morgan fingerprint density at radius 1 is 1.05 bits per heavy atom. The number of hydrogen-bond acceptors (Lipinski definition) is 4. The van der Waals surface area contributed by atoms with Gasteiger partial charge in [0.15, 0.2) is 11.5 Å². The summed E-state index contributed by atoms with van der Waals surface area (Å²) in [5.41, 5.74) is 4.06. The van der Waals surface area contributed by atoms with Crippen LogP contribution in [0.4, 0.5) is 0 Å². The normalized spacial score (nSPS) is 10.2. The third-order valence-corrected chi connectivity index (χ3v) is 2.78. The monoisotopic (exact) mass is 259 g/mol. The summed E-state index contributed by atoms with van der Waals surface area (Å²) in [4.78, 5) is 0. The molecule has 2 aromatic carbocycles. The average molecular weight is 259 g/mol. The number of methoxy groups -OCH3 is 1. The average Bonchev–Trinajstić information content (AvgIpc) is 2.47. The molecule has 0 atom stereocenters. The van der Waals surface area contributed by atoms with Gasteiger partial charge in [0.1, 0.15) is 6.61 Å². The lowest BCUT2D eigenvalue weighted by molar-refractivity contribution is 0.159. The molecule has 0 saturated carbocycles. The van der Waals surface area contributed by atoms with Gasteiger partial charge in [0.25, 0.3) is 0 Å². The number of para-hydroxylation sites is 1. The zero-order valence-electron chi connectivity index (χ0n) is 10.8. The van der Waals surface area contributed by atoms with Gasteiger partial charge in [0.05, 0.1) is 7.11 Å². The molecule has 0 radical (unpaired) electrons. The van der Waals surface area contributed by atoms with Gasteiger partial charge in [0.2, 0.25) is 0 Å². The fourth-order valence-corrected chi connectivity index (χ4v) is 1.84. The molecule has 2 rings (SSSR count). The lowest BCUT2D eigenvalue weighted by atomic mass is 10.2. The Balaban J connectivity index is 2.17. The first-order valence-corrected chi connectivity index (χ1v) is 6.04. The molecule has 0 bridgehead atoms. The topological polar surface area (TPSA) is 50.7 Å². The Hall–Kier alpha value is -2.04. The fraction of sp³-hybridized carbons (Fsp3) is 0.200. The highest BCUT2D eigenvalue weighted by Crippen LogP contribution is 2.31. The molecule has 0 heterocycles. The van der Waals surface area contributed by atoms with Crippen molar-refractivity contribution < 1.29 is 14.7 Å². The van der Waals surface area contributed by atoms with Crippen molar-refractivity contribution in [2.24, 2.45) is 0 Å². The molecular formula is C15H17NO3. The molecule has 2 N–H and O–H groups in total. The largest absolute Gasteiger partial charge is 0.493 e. The van der Waals surface area contributed by atoms with Gasteiger partial charge >= 0.3 is 0 Å². The van der Waals surface area contributed by atoms with E-state index in [1.54, 1.807) is 7.11 Å². The summed E-state index contributed by atoms with van der Waals surface area (Å²) in [7, 11) is 1.60. The van der Waals surface area contributed by atoms with Gasteiger partial charge in [-0.1, -0.05) is 42.5 Å². The van der Waals surface area contributed by atoms with E-state index in [4.69, 9.17) is 14.7 Å². The van der Waals surface area contributed by atoms with Crippen molar-refractivity contribution >= 4 is 0 Å². The second-order valence-corrected chi connectivity index (χ2v) is 4.06. The Kier molecular flexibility index (Phi) is 4.78. The highest BCUT2D eigenvalue weighted by Gasteiger charge is 2.10. The molecule has 2 aromatic rings. The first-order chi connectivity index (χ1) is 9.35. The van der Waals surface area contributed by atoms with Gasteiger partial charge in [-0.15, -0.1) is 0 Å². The van der Waals surface area contributed by atoms with Crippen LogP contribution in [-0.2, 0) is 13.2 Å². The summed E-state index contributed by atoms with van der Waals surface area (Å²) < 4.78 is 11.1. The lowest BCUT2D eigenvalue weighted by Crippen LogP contribution is -2.09. The van der Waals surface area contributed by atoms with Gasteiger partial charge in [0, 0.05) is 12.1 Å². The minimum atomic E-state index is 0.307. The molecule has 19 heavy (non-hydrogen) atoms. The number of hydroxylamine groups is 1. The number of hydrogen-bond donors (Lipinski definition) is 2. The van der Waals surface area contributed by atoms with E-state index >= 15 is 0 Å². The van der Waals surface area contributed by atoms with E-state index < -0.39 is 0 Å². The van der Waals surface area contributed by atoms with E-state index in [2.05, 4.69) is 5.48 Å². The van der Waals surface area contributed by atoms with Crippen LogP contribution in [0.1, 0.15) is 11.1 Å². The first kappa shape index (κ1) is 13.4. The van der Waals surface area contributed by atoms with Crippen LogP contribution in [-0.4, -0.2) is 12.3 Å². The molecule has 0 saturated heterocycles. The smallest absolute Gasteiger partial charge is 0.166 e. The van der Waals surface area contributed by atoms with E-state index in [0.717, 1.165) is 11.1 Å². The van der Waals surface area contributed by atoms with E-state index in [9.17, 15) is 0 Å². The van der Waals surface area contributed by atoms with Gasteiger partial charge in [-0.25, -0.2) is 5.48 Å². The minimum Gasteiger partial charge on any atom is -0.493 e. The molecule has 100 valence electrons. The Labute approximate surface area is 112 Å². The summed E-state index contributed by atoms with van der Waals surface area (Å²) in [5.74, 6) is 1.30. The van der Waals surface area contributed by atoms with Crippen molar-refractivity contribution in [1.82, 2.24) is 5.48 Å². The maximum atomic E-state index is 8.85. The van der Waals surface area contributed by atoms with E-state index in [-0.39, 0.29) is 0 Å². The maximum absolute atomic E-state index is 8.85. The van der Waals surface area contributed by atoms with Crippen LogP contribution in [0.3, 0.4) is 0 Å². The molecule has 0 aliphatic rings. The van der Waals surface area contributed by atoms with Crippen molar-refractivity contribution in [1.29, 1.82) is 0 Å². The minimum absolute atomic E-state index is 0.307. The quantitative estimate of drug-likeness (QED) is 0.783. The highest BCUT2D eigenvalue weighted by molar-refractivity contribution is 5.46. The predicted molar refractivity (Wildman–Crippen MR) is 72.4 cm³/mol. The lowest BCUT2D eigenvalue weighted by Gasteiger charge is -2.14. The maximum Gasteiger partial charge on any atom is 0.166 e. The molecule has 0 aromatic heterocycles. The molecule has 0 aliphatic heterocycles. The second-order valence-electron chi connectivity index (χ2n) is 4.06. The van der Waals surface area contributed by atoms with Crippen LogP contribution < -0.4 is 15.0 Å². The molecule has 0 unspecified atom stereocenters. The van der Waals surface area contributed by atoms with Crippen molar-refractivity contribution in [3.8, 4) is 11.5 Å². The van der Waals surface area contributed by atoms with Crippen LogP contribution >= 0.6 is 0 Å². The van der Waals surface area contributed by atoms with Crippen molar-refractivity contribution in [3.63, 3.8) is 0 Å². The first-order valence-electron chi connectivity index (χ1n) is 6.04. The summed E-state index contributed by atoms with van der Waals surface area (Å²) in [6.45, 7) is 0.765. The van der Waals surface area contributed by atoms with Crippen LogP contribution in [0.25, 0.3) is 0 Å². The van der Waals surface area contributed by atoms with Crippen LogP contribution in [0, 0.1) is 0 Å². The number of rotatable bonds is 6. The molecule has 0 fully saturated rings. The van der Waals surface area contributed by atoms with Gasteiger partial charge in [-0.3, -0.25) is 0 Å². The Morgan fingerprint density at radius 3 is 2.53 bits per heavy atom. The van der Waals surface area contributed by atoms with Crippen LogP contribution in [0.15, 0.2) is 48.5 Å². The van der Waals surface area contributed by atoms with E-state index in [1.807, 2.05) is 48.5 Å². The summed E-state index contributed by atoms with van der Waals surface area (Å²) in [5, 5.41) is 8.85. The number of ether oxygens (including phenoxy) is 2. The van der Waals surface area contributed by atoms with Gasteiger partial charge in [-0.05, 0) is 11.6 Å². The van der Waals surface area contributed by atoms with Crippen LogP contribution in [0.2, 0.25) is 0 Å². The molecule has 4 heteroatoms. The van der Waals surface area contributed by atoms with Crippen molar-refractivity contribution in [3.05, 3.63) is 59.7 Å². The van der Waals surface area contributed by atoms with E-state index in [0.29, 0.717) is 24.7 Å². The van der Waals surface area contributed by atoms with Crippen molar-refractivity contribution in [2.75, 3.05) is 7.11 Å². The third kappa shape index (κ3) is 3.47. The zero-order chi connectivity index (χ0) is 13.5. The summed E-state index contributed by atoms with van der Waals surface area (Å²) in [6.07, 6.45) is 0. The second kappa shape index (κ2) is 6.78. The summed E-state index contributed by atoms with van der Waals surface area (Å²) in [6, 6.07) is 15.5. The van der Waals surface area contributed by atoms with E-state index in [1.165, 1.54) is 0 Å². The summed E-state index contributed by atoms with van der Waals surface area (Å²) >= 11 is 0. The third-order valence-electron chi connectivity index (χ3n) is 2.78. The van der Waals surface area contributed by atoms with Crippen molar-refractivity contribution in [2.45, 2.75) is 13.2 Å². The fourth-order valence-electron chi connectivity index (χ4n) is 1.84. The zero-order valence-corrected chi connectivity index (χ0v) is 10.8. The van der Waals surface area contributed by atoms with Gasteiger partial charge < -0.3 is 14.7 Å². The molecule has 0 aliphatic carbocycles. The molecule has 0 amide bonds. The Bertz CT molecular complexity index is 514. The van der Waals surface area contributed by atoms with Crippen LogP contribution in [0.5, 0.6) is 11.5 Å². The standard InChI is InChI=1S/C15H17NO3/c1-18-14-9-5-8-13(10-16-17)15(14)19-11-12-6-3-2-4-7-12/h2-9,16-17H,10-11H2,1H3. The predicted octanol–water partition coefficient (Wildman–Crippen LogP) is 2.75. The Morgan fingerprint density at radius 2 is 1.84 bits per heavy atom. The molecule has 0 spiro atoms. The molecule has 4 nitrogen and oxygen atoms in total. The number of nitrogens with one attached hydrogen (secondary N) is 1. The molecular weight excluding hydrogens is 242 g/mol. The highest BCUT2D eigenvalue weighted by atomic mass is 16.5. The number of benzene rings is 2. The van der Waals surface area contributed by atoms with Gasteiger partial charge in [-0.2, -0.15) is 0 Å². The SMILES string of the molecule is COc1cccc(CNO)c1OCc1ccccc1.